The Morgan fingerprint density at radius 2 is 1.74 bits per heavy atom. The van der Waals surface area contributed by atoms with Gasteiger partial charge in [-0.1, -0.05) is 54.6 Å². The molecule has 0 aliphatic carbocycles. The highest BCUT2D eigenvalue weighted by molar-refractivity contribution is 6.37. The molecule has 0 bridgehead atoms. The van der Waals surface area contributed by atoms with Crippen LogP contribution in [0.15, 0.2) is 85.3 Å². The zero-order valence-electron chi connectivity index (χ0n) is 19.3. The second-order valence-corrected chi connectivity index (χ2v) is 8.34. The molecular formula is C28H25N5O2. The van der Waals surface area contributed by atoms with Crippen LogP contribution in [0.4, 0.5) is 11.4 Å². The number of hydrogen-bond acceptors (Lipinski definition) is 4. The van der Waals surface area contributed by atoms with Gasteiger partial charge in [0.1, 0.15) is 0 Å². The van der Waals surface area contributed by atoms with E-state index >= 15 is 0 Å². The number of hydrogen-bond donors (Lipinski definition) is 4. The summed E-state index contributed by atoms with van der Waals surface area (Å²) in [6.45, 7) is 2.10. The fraction of sp³-hybridized carbons (Fsp3) is 0.107. The van der Waals surface area contributed by atoms with E-state index in [1.807, 2.05) is 79.0 Å². The summed E-state index contributed by atoms with van der Waals surface area (Å²) in [7, 11) is 0. The molecule has 4 aromatic rings. The molecule has 0 radical (unpaired) electrons. The van der Waals surface area contributed by atoms with Gasteiger partial charge in [0, 0.05) is 42.2 Å². The molecule has 1 aliphatic heterocycles. The Balaban J connectivity index is 1.50. The van der Waals surface area contributed by atoms with Crippen molar-refractivity contribution in [1.29, 1.82) is 0 Å². The number of carbonyl (C=O) groups excluding carboxylic acids is 2. The Morgan fingerprint density at radius 3 is 2.46 bits per heavy atom. The van der Waals surface area contributed by atoms with E-state index in [1.54, 1.807) is 6.33 Å². The Labute approximate surface area is 203 Å². The zero-order chi connectivity index (χ0) is 24.2. The molecule has 174 valence electrons. The topological polar surface area (TPSA) is 98.9 Å². The first kappa shape index (κ1) is 22.2. The van der Waals surface area contributed by atoms with E-state index in [0.717, 1.165) is 51.4 Å². The van der Waals surface area contributed by atoms with Crippen LogP contribution in [-0.4, -0.2) is 28.3 Å². The Bertz CT molecular complexity index is 1390. The van der Waals surface area contributed by atoms with Crippen LogP contribution in [0.1, 0.15) is 23.6 Å². The first-order chi connectivity index (χ1) is 17.1. The normalized spacial score (nSPS) is 13.7. The largest absolute Gasteiger partial charge is 0.356 e. The monoisotopic (exact) mass is 463 g/mol. The van der Waals surface area contributed by atoms with Crippen molar-refractivity contribution in [3.8, 4) is 11.3 Å². The summed E-state index contributed by atoms with van der Waals surface area (Å²) < 4.78 is 0. The number of H-pyrrole nitrogens is 1. The predicted octanol–water partition coefficient (Wildman–Crippen LogP) is 4.69. The van der Waals surface area contributed by atoms with Gasteiger partial charge in [0.2, 0.25) is 5.91 Å². The minimum atomic E-state index is -0.142. The third kappa shape index (κ3) is 4.84. The molecule has 0 atom stereocenters. The van der Waals surface area contributed by atoms with Crippen molar-refractivity contribution >= 4 is 34.5 Å². The van der Waals surface area contributed by atoms with Crippen LogP contribution in [0.25, 0.3) is 22.5 Å². The maximum absolute atomic E-state index is 13.1. The highest BCUT2D eigenvalue weighted by Crippen LogP contribution is 2.37. The molecule has 2 amide bonds. The molecule has 35 heavy (non-hydrogen) atoms. The number of fused-ring (bicyclic) bond motifs is 1. The molecular weight excluding hydrogens is 438 g/mol. The number of aromatic nitrogens is 2. The minimum absolute atomic E-state index is 0.0398. The van der Waals surface area contributed by atoms with E-state index in [9.17, 15) is 9.59 Å². The number of anilines is 2. The number of nitrogens with zero attached hydrogens (tertiary/aromatic N) is 1. The van der Waals surface area contributed by atoms with Gasteiger partial charge in [0.25, 0.3) is 5.91 Å². The smallest absolute Gasteiger partial charge is 0.258 e. The molecule has 1 aliphatic rings. The van der Waals surface area contributed by atoms with Gasteiger partial charge in [-0.05, 0) is 35.7 Å². The summed E-state index contributed by atoms with van der Waals surface area (Å²) in [5.41, 5.74) is 7.72. The van der Waals surface area contributed by atoms with Gasteiger partial charge < -0.3 is 20.9 Å². The van der Waals surface area contributed by atoms with E-state index in [-0.39, 0.29) is 11.8 Å². The van der Waals surface area contributed by atoms with Crippen molar-refractivity contribution in [1.82, 2.24) is 15.3 Å². The quantitative estimate of drug-likeness (QED) is 0.299. The van der Waals surface area contributed by atoms with E-state index in [2.05, 4.69) is 25.9 Å². The number of aromatic amines is 1. The predicted molar refractivity (Wildman–Crippen MR) is 138 cm³/mol. The van der Waals surface area contributed by atoms with Gasteiger partial charge in [-0.25, -0.2) is 4.98 Å². The van der Waals surface area contributed by atoms with Crippen molar-refractivity contribution in [3.05, 3.63) is 102 Å². The summed E-state index contributed by atoms with van der Waals surface area (Å²) in [5, 5.41) is 9.28. The molecule has 0 saturated carbocycles. The SMILES string of the molecule is CC(=O)NCCc1ccc(/C(Nc2ccc(-c3c[nH]cn3)cc2)=C2/C(=O)Nc3ccccc32)cc1. The molecule has 7 heteroatoms. The molecule has 0 saturated heterocycles. The second kappa shape index (κ2) is 9.69. The fourth-order valence-electron chi connectivity index (χ4n) is 4.15. The average molecular weight is 464 g/mol. The van der Waals surface area contributed by atoms with Gasteiger partial charge in [0.15, 0.2) is 0 Å². The van der Waals surface area contributed by atoms with Crippen LogP contribution in [0, 0.1) is 0 Å². The number of carbonyl (C=O) groups is 2. The van der Waals surface area contributed by atoms with Crippen LogP contribution in [0.3, 0.4) is 0 Å². The molecule has 4 N–H and O–H groups in total. The first-order valence-electron chi connectivity index (χ1n) is 11.4. The van der Waals surface area contributed by atoms with Crippen molar-refractivity contribution in [2.45, 2.75) is 13.3 Å². The summed E-state index contributed by atoms with van der Waals surface area (Å²) in [6, 6.07) is 23.7. The fourth-order valence-corrected chi connectivity index (χ4v) is 4.15. The number of amides is 2. The van der Waals surface area contributed by atoms with Gasteiger partial charge >= 0.3 is 0 Å². The lowest BCUT2D eigenvalue weighted by atomic mass is 9.98. The van der Waals surface area contributed by atoms with E-state index in [4.69, 9.17) is 0 Å². The Kier molecular flexibility index (Phi) is 6.13. The van der Waals surface area contributed by atoms with Crippen molar-refractivity contribution in [2.24, 2.45) is 0 Å². The van der Waals surface area contributed by atoms with Crippen molar-refractivity contribution in [2.75, 3.05) is 17.2 Å². The third-order valence-electron chi connectivity index (χ3n) is 5.90. The lowest BCUT2D eigenvalue weighted by molar-refractivity contribution is -0.119. The summed E-state index contributed by atoms with van der Waals surface area (Å²) in [5.74, 6) is -0.182. The lowest BCUT2D eigenvalue weighted by Gasteiger charge is -2.16. The molecule has 3 aromatic carbocycles. The van der Waals surface area contributed by atoms with Gasteiger partial charge in [0.05, 0.1) is 23.3 Å². The molecule has 0 spiro atoms. The van der Waals surface area contributed by atoms with Gasteiger partial charge in [-0.2, -0.15) is 0 Å². The van der Waals surface area contributed by atoms with E-state index < -0.39 is 0 Å². The van der Waals surface area contributed by atoms with Crippen LogP contribution >= 0.6 is 0 Å². The number of nitrogens with one attached hydrogen (secondary N) is 4. The highest BCUT2D eigenvalue weighted by atomic mass is 16.2. The third-order valence-corrected chi connectivity index (χ3v) is 5.90. The van der Waals surface area contributed by atoms with E-state index in [0.29, 0.717) is 12.1 Å². The maximum atomic E-state index is 13.1. The minimum Gasteiger partial charge on any atom is -0.356 e. The van der Waals surface area contributed by atoms with Crippen molar-refractivity contribution < 1.29 is 9.59 Å². The van der Waals surface area contributed by atoms with Crippen molar-refractivity contribution in [3.63, 3.8) is 0 Å². The number of rotatable bonds is 7. The molecule has 0 fully saturated rings. The molecule has 7 nitrogen and oxygen atoms in total. The number of benzene rings is 3. The average Bonchev–Trinajstić information content (AvgIpc) is 3.51. The number of imidazole rings is 1. The molecule has 1 aromatic heterocycles. The summed E-state index contributed by atoms with van der Waals surface area (Å²) in [6.07, 6.45) is 4.24. The first-order valence-corrected chi connectivity index (χ1v) is 11.4. The Morgan fingerprint density at radius 1 is 0.971 bits per heavy atom. The van der Waals surface area contributed by atoms with Gasteiger partial charge in [-0.3, -0.25) is 9.59 Å². The standard InChI is InChI=1S/C28H25N5O2/c1-18(34)30-15-14-19-6-8-21(9-7-19)27(26-23-4-2-3-5-24(23)33-28(26)35)32-22-12-10-20(11-13-22)25-16-29-17-31-25/h2-13,16-17,32H,14-15H2,1H3,(H,29,31)(H,30,34)(H,33,35)/b27-26-. The Hall–Kier alpha value is -4.65. The van der Waals surface area contributed by atoms with Crippen LogP contribution in [-0.2, 0) is 16.0 Å². The summed E-state index contributed by atoms with van der Waals surface area (Å²) in [4.78, 5) is 31.5. The van der Waals surface area contributed by atoms with Crippen LogP contribution < -0.4 is 16.0 Å². The lowest BCUT2D eigenvalue weighted by Crippen LogP contribution is -2.22. The molecule has 0 unspecified atom stereocenters. The zero-order valence-corrected chi connectivity index (χ0v) is 19.3. The molecule has 2 heterocycles. The van der Waals surface area contributed by atoms with Gasteiger partial charge in [-0.15, -0.1) is 0 Å². The maximum Gasteiger partial charge on any atom is 0.258 e. The second-order valence-electron chi connectivity index (χ2n) is 8.34. The molecule has 5 rings (SSSR count). The summed E-state index contributed by atoms with van der Waals surface area (Å²) >= 11 is 0. The highest BCUT2D eigenvalue weighted by Gasteiger charge is 2.28. The number of para-hydroxylation sites is 1. The van der Waals surface area contributed by atoms with Crippen LogP contribution in [0.5, 0.6) is 0 Å². The van der Waals surface area contributed by atoms with E-state index in [1.165, 1.54) is 6.92 Å². The van der Waals surface area contributed by atoms with Crippen LogP contribution in [0.2, 0.25) is 0 Å².